The molecular formula is C17H18N4. The molecule has 3 aromatic rings. The Morgan fingerprint density at radius 3 is 2.71 bits per heavy atom. The van der Waals surface area contributed by atoms with E-state index >= 15 is 0 Å². The van der Waals surface area contributed by atoms with Gasteiger partial charge in [0.15, 0.2) is 5.82 Å². The van der Waals surface area contributed by atoms with Gasteiger partial charge in [0.25, 0.3) is 0 Å². The van der Waals surface area contributed by atoms with Crippen molar-refractivity contribution in [1.29, 1.82) is 0 Å². The van der Waals surface area contributed by atoms with Crippen LogP contribution in [-0.2, 0) is 0 Å². The SMILES string of the molecule is CCNc1nnc(-c2ccc3ncccc3c2)c(C)c1C. The van der Waals surface area contributed by atoms with Crippen LogP contribution in [0, 0.1) is 13.8 Å². The third kappa shape index (κ3) is 2.44. The van der Waals surface area contributed by atoms with Crippen molar-refractivity contribution < 1.29 is 0 Å². The molecule has 4 heteroatoms. The lowest BCUT2D eigenvalue weighted by Gasteiger charge is -2.12. The fraction of sp³-hybridized carbons (Fsp3) is 0.235. The summed E-state index contributed by atoms with van der Waals surface area (Å²) in [6.07, 6.45) is 1.81. The zero-order valence-electron chi connectivity index (χ0n) is 12.5. The minimum Gasteiger partial charge on any atom is -0.369 e. The van der Waals surface area contributed by atoms with E-state index < -0.39 is 0 Å². The molecule has 3 rings (SSSR count). The van der Waals surface area contributed by atoms with E-state index in [0.29, 0.717) is 0 Å². The molecule has 0 atom stereocenters. The summed E-state index contributed by atoms with van der Waals surface area (Å²) in [4.78, 5) is 4.35. The number of nitrogens with one attached hydrogen (secondary N) is 1. The van der Waals surface area contributed by atoms with Crippen molar-refractivity contribution >= 4 is 16.7 Å². The average molecular weight is 278 g/mol. The van der Waals surface area contributed by atoms with E-state index in [9.17, 15) is 0 Å². The zero-order chi connectivity index (χ0) is 14.8. The fourth-order valence-corrected chi connectivity index (χ4v) is 2.44. The van der Waals surface area contributed by atoms with E-state index in [4.69, 9.17) is 0 Å². The van der Waals surface area contributed by atoms with Crippen LogP contribution in [0.4, 0.5) is 5.82 Å². The Balaban J connectivity index is 2.12. The lowest BCUT2D eigenvalue weighted by Crippen LogP contribution is -2.06. The Bertz CT molecular complexity index is 796. The number of nitrogens with zero attached hydrogens (tertiary/aromatic N) is 3. The predicted octanol–water partition coefficient (Wildman–Crippen LogP) is 3.74. The monoisotopic (exact) mass is 278 g/mol. The van der Waals surface area contributed by atoms with Crippen molar-refractivity contribution in [2.24, 2.45) is 0 Å². The molecule has 0 spiro atoms. The second kappa shape index (κ2) is 5.48. The predicted molar refractivity (Wildman–Crippen MR) is 86.4 cm³/mol. The van der Waals surface area contributed by atoms with Gasteiger partial charge in [-0.05, 0) is 50.1 Å². The first-order valence-electron chi connectivity index (χ1n) is 7.13. The normalized spacial score (nSPS) is 10.8. The van der Waals surface area contributed by atoms with Gasteiger partial charge in [0.1, 0.15) is 0 Å². The Hall–Kier alpha value is -2.49. The molecule has 4 nitrogen and oxygen atoms in total. The quantitative estimate of drug-likeness (QED) is 0.793. The third-order valence-electron chi connectivity index (χ3n) is 3.74. The number of anilines is 1. The molecule has 106 valence electrons. The van der Waals surface area contributed by atoms with E-state index in [0.717, 1.165) is 45.6 Å². The van der Waals surface area contributed by atoms with Gasteiger partial charge in [-0.25, -0.2) is 0 Å². The summed E-state index contributed by atoms with van der Waals surface area (Å²) in [6, 6.07) is 10.2. The Morgan fingerprint density at radius 2 is 1.90 bits per heavy atom. The van der Waals surface area contributed by atoms with Gasteiger partial charge in [-0.2, -0.15) is 0 Å². The maximum Gasteiger partial charge on any atom is 0.151 e. The fourth-order valence-electron chi connectivity index (χ4n) is 2.44. The molecule has 0 radical (unpaired) electrons. The summed E-state index contributed by atoms with van der Waals surface area (Å²) in [5.41, 5.74) is 5.30. The molecule has 0 unspecified atom stereocenters. The Kier molecular flexibility index (Phi) is 3.52. The highest BCUT2D eigenvalue weighted by Crippen LogP contribution is 2.27. The van der Waals surface area contributed by atoms with Crippen LogP contribution in [0.2, 0.25) is 0 Å². The van der Waals surface area contributed by atoms with E-state index in [2.05, 4.69) is 59.5 Å². The second-order valence-corrected chi connectivity index (χ2v) is 5.09. The van der Waals surface area contributed by atoms with Crippen LogP contribution in [0.3, 0.4) is 0 Å². The highest BCUT2D eigenvalue weighted by Gasteiger charge is 2.11. The Labute approximate surface area is 124 Å². The van der Waals surface area contributed by atoms with Crippen LogP contribution in [-0.4, -0.2) is 21.7 Å². The van der Waals surface area contributed by atoms with Gasteiger partial charge in [-0.3, -0.25) is 4.98 Å². The van der Waals surface area contributed by atoms with Gasteiger partial charge in [0.2, 0.25) is 0 Å². The van der Waals surface area contributed by atoms with Gasteiger partial charge < -0.3 is 5.32 Å². The number of hydrogen-bond acceptors (Lipinski definition) is 4. The van der Waals surface area contributed by atoms with Gasteiger partial charge in [0.05, 0.1) is 11.2 Å². The maximum absolute atomic E-state index is 4.40. The lowest BCUT2D eigenvalue weighted by atomic mass is 10.0. The Morgan fingerprint density at radius 1 is 1.05 bits per heavy atom. The molecule has 0 aliphatic heterocycles. The summed E-state index contributed by atoms with van der Waals surface area (Å²) in [5, 5.41) is 13.1. The van der Waals surface area contributed by atoms with E-state index in [-0.39, 0.29) is 0 Å². The third-order valence-corrected chi connectivity index (χ3v) is 3.74. The van der Waals surface area contributed by atoms with Crippen LogP contribution in [0.5, 0.6) is 0 Å². The molecule has 21 heavy (non-hydrogen) atoms. The number of aromatic nitrogens is 3. The summed E-state index contributed by atoms with van der Waals surface area (Å²) in [5.74, 6) is 0.862. The van der Waals surface area contributed by atoms with Crippen molar-refractivity contribution in [3.8, 4) is 11.3 Å². The lowest BCUT2D eigenvalue weighted by molar-refractivity contribution is 0.987. The molecule has 0 saturated carbocycles. The average Bonchev–Trinajstić information content (AvgIpc) is 2.52. The highest BCUT2D eigenvalue weighted by molar-refractivity contribution is 5.84. The molecular weight excluding hydrogens is 260 g/mol. The summed E-state index contributed by atoms with van der Waals surface area (Å²) >= 11 is 0. The molecule has 0 amide bonds. The molecule has 1 N–H and O–H groups in total. The standard InChI is InChI=1S/C17H18N4/c1-4-18-17-12(3)11(2)16(20-21-17)14-7-8-15-13(10-14)6-5-9-19-15/h5-10H,4H2,1-3H3,(H,18,21). The van der Waals surface area contributed by atoms with E-state index in [1.54, 1.807) is 0 Å². The minimum absolute atomic E-state index is 0.843. The molecule has 0 saturated heterocycles. The van der Waals surface area contributed by atoms with Gasteiger partial charge >= 0.3 is 0 Å². The molecule has 0 aliphatic carbocycles. The van der Waals surface area contributed by atoms with E-state index in [1.165, 1.54) is 0 Å². The number of fused-ring (bicyclic) bond motifs is 1. The second-order valence-electron chi connectivity index (χ2n) is 5.09. The number of pyridine rings is 1. The van der Waals surface area contributed by atoms with Crippen molar-refractivity contribution in [3.05, 3.63) is 47.7 Å². The maximum atomic E-state index is 4.40. The first-order chi connectivity index (χ1) is 10.2. The smallest absolute Gasteiger partial charge is 0.151 e. The van der Waals surface area contributed by atoms with Crippen LogP contribution < -0.4 is 5.32 Å². The van der Waals surface area contributed by atoms with Gasteiger partial charge in [0, 0.05) is 23.7 Å². The first-order valence-corrected chi connectivity index (χ1v) is 7.13. The molecule has 0 fully saturated rings. The molecule has 2 heterocycles. The van der Waals surface area contributed by atoms with Crippen LogP contribution >= 0.6 is 0 Å². The topological polar surface area (TPSA) is 50.7 Å². The number of hydrogen-bond donors (Lipinski definition) is 1. The van der Waals surface area contributed by atoms with Crippen molar-refractivity contribution in [2.45, 2.75) is 20.8 Å². The molecule has 0 aliphatic rings. The first kappa shape index (κ1) is 13.5. The molecule has 2 aromatic heterocycles. The van der Waals surface area contributed by atoms with E-state index in [1.807, 2.05) is 18.3 Å². The highest BCUT2D eigenvalue weighted by atomic mass is 15.2. The summed E-state index contributed by atoms with van der Waals surface area (Å²) < 4.78 is 0. The van der Waals surface area contributed by atoms with Gasteiger partial charge in [-0.1, -0.05) is 12.1 Å². The van der Waals surface area contributed by atoms with Crippen LogP contribution in [0.1, 0.15) is 18.1 Å². The van der Waals surface area contributed by atoms with Crippen LogP contribution in [0.15, 0.2) is 36.5 Å². The van der Waals surface area contributed by atoms with Gasteiger partial charge in [-0.15, -0.1) is 10.2 Å². The van der Waals surface area contributed by atoms with Crippen molar-refractivity contribution in [2.75, 3.05) is 11.9 Å². The summed E-state index contributed by atoms with van der Waals surface area (Å²) in [6.45, 7) is 7.07. The largest absolute Gasteiger partial charge is 0.369 e. The molecule has 1 aromatic carbocycles. The summed E-state index contributed by atoms with van der Waals surface area (Å²) in [7, 11) is 0. The minimum atomic E-state index is 0.843. The van der Waals surface area contributed by atoms with Crippen LogP contribution in [0.25, 0.3) is 22.2 Å². The zero-order valence-corrected chi connectivity index (χ0v) is 12.5. The number of benzene rings is 1. The van der Waals surface area contributed by atoms with Crippen molar-refractivity contribution in [3.63, 3.8) is 0 Å². The molecule has 0 bridgehead atoms. The number of rotatable bonds is 3. The van der Waals surface area contributed by atoms with Crippen molar-refractivity contribution in [1.82, 2.24) is 15.2 Å².